The van der Waals surface area contributed by atoms with Gasteiger partial charge in [0.1, 0.15) is 11.6 Å². The van der Waals surface area contributed by atoms with Crippen molar-refractivity contribution >= 4 is 40.7 Å². The van der Waals surface area contributed by atoms with Crippen LogP contribution >= 0.6 is 23.2 Å². The molecule has 1 amide bonds. The van der Waals surface area contributed by atoms with Crippen molar-refractivity contribution in [1.29, 1.82) is 0 Å². The summed E-state index contributed by atoms with van der Waals surface area (Å²) in [6.07, 6.45) is 5.09. The van der Waals surface area contributed by atoms with Crippen molar-refractivity contribution in [3.8, 4) is 0 Å². The molecule has 1 atom stereocenters. The van der Waals surface area contributed by atoms with E-state index in [9.17, 15) is 19.1 Å². The lowest BCUT2D eigenvalue weighted by Gasteiger charge is -2.28. The van der Waals surface area contributed by atoms with E-state index < -0.39 is 23.5 Å². The number of hydrogen-bond donors (Lipinski definition) is 1. The number of rotatable bonds is 12. The summed E-state index contributed by atoms with van der Waals surface area (Å²) in [4.78, 5) is 30.2. The number of amides is 1. The van der Waals surface area contributed by atoms with E-state index in [0.717, 1.165) is 45.3 Å². The number of aliphatic hydroxyl groups is 1. The summed E-state index contributed by atoms with van der Waals surface area (Å²) in [5.41, 5.74) is 0.678. The van der Waals surface area contributed by atoms with Crippen molar-refractivity contribution < 1.29 is 19.1 Å². The van der Waals surface area contributed by atoms with Crippen LogP contribution in [0.3, 0.4) is 0 Å². The largest absolute Gasteiger partial charge is 0.507 e. The average Bonchev–Trinajstić information content (AvgIpc) is 3.10. The molecular formula is C28H33Cl2FN2O3. The Morgan fingerprint density at radius 3 is 2.17 bits per heavy atom. The third-order valence-corrected chi connectivity index (χ3v) is 7.01. The van der Waals surface area contributed by atoms with Gasteiger partial charge in [-0.3, -0.25) is 9.59 Å². The Labute approximate surface area is 222 Å². The third-order valence-electron chi connectivity index (χ3n) is 6.44. The van der Waals surface area contributed by atoms with E-state index in [-0.39, 0.29) is 21.9 Å². The van der Waals surface area contributed by atoms with Gasteiger partial charge in [-0.1, -0.05) is 56.0 Å². The number of Topliss-reactive ketones (excluding diaryl/α,β-unsaturated/α-hetero) is 1. The average molecular weight is 535 g/mol. The van der Waals surface area contributed by atoms with Crippen molar-refractivity contribution in [3.05, 3.63) is 75.0 Å². The fraction of sp³-hybridized carbons (Fsp3) is 0.429. The van der Waals surface area contributed by atoms with Gasteiger partial charge in [0.25, 0.3) is 11.7 Å². The number of nitrogens with zero attached hydrogens (tertiary/aromatic N) is 2. The van der Waals surface area contributed by atoms with E-state index in [1.54, 1.807) is 18.2 Å². The predicted octanol–water partition coefficient (Wildman–Crippen LogP) is 6.85. The number of aliphatic hydroxyl groups excluding tert-OH is 1. The van der Waals surface area contributed by atoms with Crippen LogP contribution in [0, 0.1) is 5.82 Å². The highest BCUT2D eigenvalue weighted by Crippen LogP contribution is 2.42. The standard InChI is InChI=1S/C28H33Cl2FN2O3/c1-3-5-14-32(15-6-4-2)16-7-17-33-25(22-13-10-20(29)18-23(22)30)24(27(35)28(33)36)26(34)19-8-11-21(31)12-9-19/h8-13,18,25,34H,3-7,14-17H2,1-2H3/t25-/m1/s1. The monoisotopic (exact) mass is 534 g/mol. The van der Waals surface area contributed by atoms with Crippen LogP contribution in [0.15, 0.2) is 48.0 Å². The molecule has 1 fully saturated rings. The van der Waals surface area contributed by atoms with E-state index in [2.05, 4.69) is 18.7 Å². The first kappa shape index (κ1) is 28.2. The highest BCUT2D eigenvalue weighted by Gasteiger charge is 2.46. The number of hydrogen-bond acceptors (Lipinski definition) is 4. The molecule has 0 bridgehead atoms. The molecule has 194 valence electrons. The van der Waals surface area contributed by atoms with Gasteiger partial charge in [0.05, 0.1) is 11.6 Å². The van der Waals surface area contributed by atoms with Crippen molar-refractivity contribution in [3.63, 3.8) is 0 Å². The summed E-state index contributed by atoms with van der Waals surface area (Å²) >= 11 is 12.6. The molecule has 1 saturated heterocycles. The fourth-order valence-corrected chi connectivity index (χ4v) is 5.00. The molecule has 0 spiro atoms. The number of benzene rings is 2. The molecule has 0 saturated carbocycles. The van der Waals surface area contributed by atoms with Gasteiger partial charge in [0.2, 0.25) is 0 Å². The second-order valence-corrected chi connectivity index (χ2v) is 9.91. The molecule has 2 aromatic rings. The molecule has 36 heavy (non-hydrogen) atoms. The minimum absolute atomic E-state index is 0.0651. The van der Waals surface area contributed by atoms with Crippen molar-refractivity contribution in [2.45, 2.75) is 52.0 Å². The van der Waals surface area contributed by atoms with E-state index in [0.29, 0.717) is 23.6 Å². The molecular weight excluding hydrogens is 502 g/mol. The highest BCUT2D eigenvalue weighted by molar-refractivity contribution is 6.47. The lowest BCUT2D eigenvalue weighted by Crippen LogP contribution is -2.34. The van der Waals surface area contributed by atoms with Gasteiger partial charge in [0, 0.05) is 22.2 Å². The molecule has 0 aliphatic carbocycles. The lowest BCUT2D eigenvalue weighted by atomic mass is 9.95. The molecule has 1 heterocycles. The normalized spacial score (nSPS) is 17.4. The molecule has 0 aromatic heterocycles. The molecule has 8 heteroatoms. The van der Waals surface area contributed by atoms with Gasteiger partial charge in [-0.2, -0.15) is 0 Å². The van der Waals surface area contributed by atoms with Crippen molar-refractivity contribution in [2.75, 3.05) is 26.2 Å². The Bertz CT molecular complexity index is 1100. The fourth-order valence-electron chi connectivity index (χ4n) is 4.48. The van der Waals surface area contributed by atoms with Crippen LogP contribution in [0.2, 0.25) is 10.0 Å². The minimum atomic E-state index is -0.875. The van der Waals surface area contributed by atoms with Crippen LogP contribution in [-0.2, 0) is 9.59 Å². The first-order valence-electron chi connectivity index (χ1n) is 12.5. The maximum Gasteiger partial charge on any atom is 0.295 e. The van der Waals surface area contributed by atoms with Crippen LogP contribution in [0.5, 0.6) is 0 Å². The van der Waals surface area contributed by atoms with E-state index >= 15 is 0 Å². The van der Waals surface area contributed by atoms with Crippen molar-refractivity contribution in [1.82, 2.24) is 9.80 Å². The summed E-state index contributed by atoms with van der Waals surface area (Å²) in [6, 6.07) is 9.11. The highest BCUT2D eigenvalue weighted by atomic mass is 35.5. The number of carbonyl (C=O) groups excluding carboxylic acids is 2. The summed E-state index contributed by atoms with van der Waals surface area (Å²) in [6.45, 7) is 7.42. The molecule has 5 nitrogen and oxygen atoms in total. The topological polar surface area (TPSA) is 60.9 Å². The molecule has 1 N–H and O–H groups in total. The first-order chi connectivity index (χ1) is 17.3. The first-order valence-corrected chi connectivity index (χ1v) is 13.3. The van der Waals surface area contributed by atoms with Crippen LogP contribution < -0.4 is 0 Å². The summed E-state index contributed by atoms with van der Waals surface area (Å²) in [5.74, 6) is -2.32. The Hall–Kier alpha value is -2.41. The van der Waals surface area contributed by atoms with Gasteiger partial charge in [-0.15, -0.1) is 0 Å². The maximum absolute atomic E-state index is 13.5. The summed E-state index contributed by atoms with van der Waals surface area (Å²) < 4.78 is 13.5. The number of carbonyl (C=O) groups is 2. The Morgan fingerprint density at radius 2 is 1.58 bits per heavy atom. The van der Waals surface area contributed by atoms with Gasteiger partial charge in [-0.05, 0) is 80.9 Å². The van der Waals surface area contributed by atoms with Crippen LogP contribution in [0.25, 0.3) is 5.76 Å². The third kappa shape index (κ3) is 6.67. The molecule has 3 rings (SSSR count). The zero-order valence-corrected chi connectivity index (χ0v) is 22.3. The second kappa shape index (κ2) is 13.2. The number of ketones is 1. The van der Waals surface area contributed by atoms with Crippen LogP contribution in [0.1, 0.15) is 63.1 Å². The van der Waals surface area contributed by atoms with E-state index in [4.69, 9.17) is 23.2 Å². The lowest BCUT2D eigenvalue weighted by molar-refractivity contribution is -0.140. The molecule has 1 aliphatic rings. The summed E-state index contributed by atoms with van der Waals surface area (Å²) in [5, 5.41) is 11.8. The second-order valence-electron chi connectivity index (χ2n) is 9.07. The zero-order chi connectivity index (χ0) is 26.2. The number of likely N-dealkylation sites (tertiary alicyclic amines) is 1. The SMILES string of the molecule is CCCCN(CCCC)CCCN1C(=O)C(=O)C(=C(O)c2ccc(F)cc2)[C@H]1c1ccc(Cl)cc1Cl. The maximum atomic E-state index is 13.5. The predicted molar refractivity (Wildman–Crippen MR) is 143 cm³/mol. The summed E-state index contributed by atoms with van der Waals surface area (Å²) in [7, 11) is 0. The van der Waals surface area contributed by atoms with Gasteiger partial charge >= 0.3 is 0 Å². The quantitative estimate of drug-likeness (QED) is 0.184. The molecule has 0 radical (unpaired) electrons. The smallest absolute Gasteiger partial charge is 0.295 e. The van der Waals surface area contributed by atoms with E-state index in [1.807, 2.05) is 0 Å². The Morgan fingerprint density at radius 1 is 0.972 bits per heavy atom. The van der Waals surface area contributed by atoms with Gasteiger partial charge in [0.15, 0.2) is 0 Å². The zero-order valence-electron chi connectivity index (χ0n) is 20.8. The Kier molecular flexibility index (Phi) is 10.3. The molecule has 1 aliphatic heterocycles. The molecule has 2 aromatic carbocycles. The van der Waals surface area contributed by atoms with Crippen LogP contribution in [-0.4, -0.2) is 52.8 Å². The van der Waals surface area contributed by atoms with Gasteiger partial charge < -0.3 is 14.9 Å². The number of halogens is 3. The minimum Gasteiger partial charge on any atom is -0.507 e. The van der Waals surface area contributed by atoms with E-state index in [1.165, 1.54) is 29.2 Å². The van der Waals surface area contributed by atoms with Crippen LogP contribution in [0.4, 0.5) is 4.39 Å². The van der Waals surface area contributed by atoms with Crippen molar-refractivity contribution in [2.24, 2.45) is 0 Å². The van der Waals surface area contributed by atoms with Gasteiger partial charge in [-0.25, -0.2) is 4.39 Å². The Balaban J connectivity index is 1.95. The molecule has 0 unspecified atom stereocenters. The number of unbranched alkanes of at least 4 members (excludes halogenated alkanes) is 2.